The third kappa shape index (κ3) is 7.00. The number of hydrogen-bond donors (Lipinski definition) is 1. The molecule has 1 unspecified atom stereocenters. The number of ether oxygens (including phenoxy) is 1. The second-order valence-electron chi connectivity index (χ2n) is 5.37. The van der Waals surface area contributed by atoms with Crippen molar-refractivity contribution in [1.29, 1.82) is 0 Å². The average molecular weight is 309 g/mol. The molecule has 0 bridgehead atoms. The van der Waals surface area contributed by atoms with E-state index in [1.807, 2.05) is 11.8 Å². The van der Waals surface area contributed by atoms with Crippen LogP contribution in [0.25, 0.3) is 0 Å². The molecule has 0 fully saturated rings. The molecule has 0 radical (unpaired) electrons. The van der Waals surface area contributed by atoms with Crippen LogP contribution in [0.3, 0.4) is 0 Å². The number of esters is 1. The molecule has 1 N–H and O–H groups in total. The monoisotopic (exact) mass is 309 g/mol. The van der Waals surface area contributed by atoms with Gasteiger partial charge in [0.2, 0.25) is 0 Å². The zero-order valence-electron chi connectivity index (χ0n) is 13.6. The fourth-order valence-electron chi connectivity index (χ4n) is 2.31. The molecule has 0 heterocycles. The van der Waals surface area contributed by atoms with E-state index < -0.39 is 0 Å². The van der Waals surface area contributed by atoms with E-state index in [-0.39, 0.29) is 12.0 Å². The first-order valence-electron chi connectivity index (χ1n) is 7.53. The van der Waals surface area contributed by atoms with Crippen LogP contribution in [0, 0.1) is 13.8 Å². The maximum Gasteiger partial charge on any atom is 0.322 e. The first-order valence-corrected chi connectivity index (χ1v) is 8.68. The smallest absolute Gasteiger partial charge is 0.322 e. The van der Waals surface area contributed by atoms with Crippen molar-refractivity contribution in [2.24, 2.45) is 0 Å². The summed E-state index contributed by atoms with van der Waals surface area (Å²) < 4.78 is 4.85. The van der Waals surface area contributed by atoms with Crippen LogP contribution in [0.15, 0.2) is 18.2 Å². The van der Waals surface area contributed by atoms with Gasteiger partial charge in [-0.25, -0.2) is 0 Å². The van der Waals surface area contributed by atoms with Crippen LogP contribution in [0.5, 0.6) is 0 Å². The molecular formula is C17H27NO2S. The Morgan fingerprint density at radius 2 is 1.95 bits per heavy atom. The number of benzene rings is 1. The molecule has 118 valence electrons. The molecule has 0 aliphatic heterocycles. The minimum Gasteiger partial charge on any atom is -0.468 e. The van der Waals surface area contributed by atoms with Crippen molar-refractivity contribution in [3.05, 3.63) is 34.9 Å². The van der Waals surface area contributed by atoms with Crippen LogP contribution < -0.4 is 5.32 Å². The van der Waals surface area contributed by atoms with E-state index in [4.69, 9.17) is 4.74 Å². The van der Waals surface area contributed by atoms with Gasteiger partial charge in [-0.3, -0.25) is 4.79 Å². The van der Waals surface area contributed by atoms with E-state index in [2.05, 4.69) is 44.3 Å². The molecule has 0 aliphatic rings. The molecule has 0 aliphatic carbocycles. The maximum absolute atomic E-state index is 11.7. The normalized spacial score (nSPS) is 12.2. The highest BCUT2D eigenvalue weighted by molar-refractivity contribution is 7.98. The van der Waals surface area contributed by atoms with Crippen LogP contribution >= 0.6 is 11.8 Å². The van der Waals surface area contributed by atoms with Gasteiger partial charge in [-0.2, -0.15) is 11.8 Å². The zero-order valence-corrected chi connectivity index (χ0v) is 14.4. The molecule has 3 nitrogen and oxygen atoms in total. The Bertz CT molecular complexity index is 428. The first kappa shape index (κ1) is 18.1. The molecule has 1 aromatic carbocycles. The SMILES string of the molecule is CCCNC(CCSCc1cc(C)cc(C)c1)C(=O)OC. The first-order chi connectivity index (χ1) is 10.1. The quantitative estimate of drug-likeness (QED) is 0.560. The summed E-state index contributed by atoms with van der Waals surface area (Å²) in [4.78, 5) is 11.7. The zero-order chi connectivity index (χ0) is 15.7. The van der Waals surface area contributed by atoms with Crippen LogP contribution in [-0.4, -0.2) is 31.4 Å². The van der Waals surface area contributed by atoms with Crippen LogP contribution in [0.4, 0.5) is 0 Å². The largest absolute Gasteiger partial charge is 0.468 e. The topological polar surface area (TPSA) is 38.3 Å². The molecule has 1 aromatic rings. The molecule has 0 aromatic heterocycles. The van der Waals surface area contributed by atoms with Gasteiger partial charge in [-0.15, -0.1) is 0 Å². The molecule has 0 amide bonds. The van der Waals surface area contributed by atoms with E-state index in [1.165, 1.54) is 23.8 Å². The lowest BCUT2D eigenvalue weighted by molar-refractivity contribution is -0.143. The highest BCUT2D eigenvalue weighted by atomic mass is 32.2. The van der Waals surface area contributed by atoms with E-state index in [0.29, 0.717) is 0 Å². The summed E-state index contributed by atoms with van der Waals surface area (Å²) in [6.45, 7) is 7.20. The van der Waals surface area contributed by atoms with Crippen LogP contribution in [0.2, 0.25) is 0 Å². The van der Waals surface area contributed by atoms with E-state index in [1.54, 1.807) is 0 Å². The van der Waals surface area contributed by atoms with Crippen molar-refractivity contribution in [3.8, 4) is 0 Å². The summed E-state index contributed by atoms with van der Waals surface area (Å²) in [5.41, 5.74) is 3.97. The fourth-order valence-corrected chi connectivity index (χ4v) is 3.26. The number of hydrogen-bond acceptors (Lipinski definition) is 4. The predicted molar refractivity (Wildman–Crippen MR) is 90.8 cm³/mol. The molecule has 0 saturated carbocycles. The lowest BCUT2D eigenvalue weighted by Crippen LogP contribution is -2.38. The Hall–Kier alpha value is -1.00. The summed E-state index contributed by atoms with van der Waals surface area (Å²) >= 11 is 1.87. The van der Waals surface area contributed by atoms with Crippen molar-refractivity contribution in [1.82, 2.24) is 5.32 Å². The second kappa shape index (κ2) is 9.85. The molecule has 1 atom stereocenters. The number of methoxy groups -OCH3 is 1. The van der Waals surface area contributed by atoms with Gasteiger partial charge in [0.05, 0.1) is 7.11 Å². The average Bonchev–Trinajstić information content (AvgIpc) is 2.44. The summed E-state index contributed by atoms with van der Waals surface area (Å²) in [5.74, 6) is 1.78. The predicted octanol–water partition coefficient (Wildman–Crippen LogP) is 3.47. The van der Waals surface area contributed by atoms with Crippen molar-refractivity contribution in [2.75, 3.05) is 19.4 Å². The van der Waals surface area contributed by atoms with Crippen molar-refractivity contribution in [3.63, 3.8) is 0 Å². The third-order valence-corrected chi connectivity index (χ3v) is 4.29. The van der Waals surface area contributed by atoms with E-state index in [0.717, 1.165) is 30.9 Å². The van der Waals surface area contributed by atoms with Crippen LogP contribution in [0.1, 0.15) is 36.5 Å². The molecule has 4 heteroatoms. The van der Waals surface area contributed by atoms with Gasteiger partial charge >= 0.3 is 5.97 Å². The Labute approximate surface area is 132 Å². The number of thioether (sulfide) groups is 1. The Morgan fingerprint density at radius 1 is 1.29 bits per heavy atom. The van der Waals surface area contributed by atoms with E-state index in [9.17, 15) is 4.79 Å². The summed E-state index contributed by atoms with van der Waals surface area (Å²) in [6, 6.07) is 6.47. The fraction of sp³-hybridized carbons (Fsp3) is 0.588. The van der Waals surface area contributed by atoms with Crippen molar-refractivity contribution < 1.29 is 9.53 Å². The van der Waals surface area contributed by atoms with Gasteiger partial charge in [0.1, 0.15) is 6.04 Å². The van der Waals surface area contributed by atoms with Gasteiger partial charge in [0, 0.05) is 5.75 Å². The maximum atomic E-state index is 11.7. The van der Waals surface area contributed by atoms with Gasteiger partial charge < -0.3 is 10.1 Å². The molecule has 1 rings (SSSR count). The van der Waals surface area contributed by atoms with Crippen molar-refractivity contribution >= 4 is 17.7 Å². The standard InChI is InChI=1S/C17H27NO2S/c1-5-7-18-16(17(19)20-4)6-8-21-12-15-10-13(2)9-14(3)11-15/h9-11,16,18H,5-8,12H2,1-4H3. The second-order valence-corrected chi connectivity index (χ2v) is 6.47. The molecular weight excluding hydrogens is 282 g/mol. The minimum atomic E-state index is -0.179. The molecule has 0 spiro atoms. The Balaban J connectivity index is 2.37. The summed E-state index contributed by atoms with van der Waals surface area (Å²) in [7, 11) is 1.45. The molecule has 21 heavy (non-hydrogen) atoms. The highest BCUT2D eigenvalue weighted by Crippen LogP contribution is 2.17. The van der Waals surface area contributed by atoms with Crippen LogP contribution in [-0.2, 0) is 15.3 Å². The number of aryl methyl sites for hydroxylation is 2. The van der Waals surface area contributed by atoms with Crippen molar-refractivity contribution in [2.45, 2.75) is 45.4 Å². The summed E-state index contributed by atoms with van der Waals surface area (Å²) in [5, 5.41) is 3.25. The van der Waals surface area contributed by atoms with Gasteiger partial charge in [-0.05, 0) is 44.6 Å². The van der Waals surface area contributed by atoms with Gasteiger partial charge in [0.25, 0.3) is 0 Å². The van der Waals surface area contributed by atoms with E-state index >= 15 is 0 Å². The lowest BCUT2D eigenvalue weighted by atomic mass is 10.1. The lowest BCUT2D eigenvalue weighted by Gasteiger charge is -2.15. The minimum absolute atomic E-state index is 0.157. The summed E-state index contributed by atoms with van der Waals surface area (Å²) in [6.07, 6.45) is 1.82. The number of carbonyl (C=O) groups is 1. The number of rotatable bonds is 9. The Kier molecular flexibility index (Phi) is 8.47. The number of nitrogens with one attached hydrogen (secondary N) is 1. The van der Waals surface area contributed by atoms with Gasteiger partial charge in [0.15, 0.2) is 0 Å². The molecule has 0 saturated heterocycles. The Morgan fingerprint density at radius 3 is 2.52 bits per heavy atom. The third-order valence-electron chi connectivity index (χ3n) is 3.23. The van der Waals surface area contributed by atoms with Gasteiger partial charge in [-0.1, -0.05) is 36.2 Å². The number of carbonyl (C=O) groups excluding carboxylic acids is 1. The highest BCUT2D eigenvalue weighted by Gasteiger charge is 2.17.